The van der Waals surface area contributed by atoms with Gasteiger partial charge in [-0.2, -0.15) is 0 Å². The van der Waals surface area contributed by atoms with Gasteiger partial charge in [0.15, 0.2) is 0 Å². The molecule has 0 radical (unpaired) electrons. The van der Waals surface area contributed by atoms with Crippen LogP contribution in [0.15, 0.2) is 28.7 Å². The molecule has 0 saturated heterocycles. The van der Waals surface area contributed by atoms with Gasteiger partial charge in [0.25, 0.3) is 0 Å². The molecule has 5 heteroatoms. The predicted octanol–water partition coefficient (Wildman–Crippen LogP) is 3.66. The van der Waals surface area contributed by atoms with E-state index >= 15 is 0 Å². The third-order valence-corrected chi connectivity index (χ3v) is 4.29. The largest absolute Gasteiger partial charge is 0.478 e. The zero-order valence-corrected chi connectivity index (χ0v) is 12.0. The Morgan fingerprint density at radius 2 is 1.90 bits per heavy atom. The van der Waals surface area contributed by atoms with E-state index in [1.165, 1.54) is 19.3 Å². The molecule has 1 aliphatic rings. The molecule has 21 heavy (non-hydrogen) atoms. The lowest BCUT2D eigenvalue weighted by atomic mass is 9.76. The highest BCUT2D eigenvalue weighted by molar-refractivity contribution is 5.94. The fourth-order valence-electron chi connectivity index (χ4n) is 2.98. The molecule has 0 unspecified atom stereocenters. The Morgan fingerprint density at radius 1 is 1.19 bits per heavy atom. The molecule has 1 N–H and O–H groups in total. The second kappa shape index (κ2) is 5.31. The fourth-order valence-corrected chi connectivity index (χ4v) is 2.98. The van der Waals surface area contributed by atoms with Gasteiger partial charge in [-0.25, -0.2) is 4.79 Å². The molecule has 3 rings (SSSR count). The van der Waals surface area contributed by atoms with Crippen LogP contribution in [0.4, 0.5) is 0 Å². The number of benzene rings is 1. The lowest BCUT2D eigenvalue weighted by Crippen LogP contribution is -2.25. The van der Waals surface area contributed by atoms with Crippen LogP contribution in [-0.2, 0) is 5.41 Å². The number of aromatic nitrogens is 2. The van der Waals surface area contributed by atoms with Crippen LogP contribution in [0.3, 0.4) is 0 Å². The standard InChI is InChI=1S/C16H18N2O3/c1-16(9-5-2-6-10-16)15-18-17-13(21-15)11-7-3-4-8-12(11)14(19)20/h3-4,7-8H,2,5-6,9-10H2,1H3,(H,19,20). The molecule has 0 aliphatic heterocycles. The average molecular weight is 286 g/mol. The highest BCUT2D eigenvalue weighted by Gasteiger charge is 2.34. The lowest BCUT2D eigenvalue weighted by molar-refractivity contribution is 0.0697. The Labute approximate surface area is 123 Å². The SMILES string of the molecule is CC1(c2nnc(-c3ccccc3C(=O)O)o2)CCCCC1. The number of rotatable bonds is 3. The second-order valence-electron chi connectivity index (χ2n) is 5.88. The minimum Gasteiger partial charge on any atom is -0.478 e. The summed E-state index contributed by atoms with van der Waals surface area (Å²) < 4.78 is 5.82. The zero-order valence-electron chi connectivity index (χ0n) is 12.0. The van der Waals surface area contributed by atoms with Crippen molar-refractivity contribution in [3.8, 4) is 11.5 Å². The molecular weight excluding hydrogens is 268 g/mol. The fraction of sp³-hybridized carbons (Fsp3) is 0.438. The molecule has 5 nitrogen and oxygen atoms in total. The van der Waals surface area contributed by atoms with Gasteiger partial charge in [0.1, 0.15) is 0 Å². The van der Waals surface area contributed by atoms with Crippen molar-refractivity contribution in [3.05, 3.63) is 35.7 Å². The summed E-state index contributed by atoms with van der Waals surface area (Å²) in [6.45, 7) is 2.15. The first-order chi connectivity index (χ1) is 10.1. The molecule has 1 aromatic heterocycles. The molecule has 0 spiro atoms. The normalized spacial score (nSPS) is 17.6. The molecule has 1 aliphatic carbocycles. The van der Waals surface area contributed by atoms with Gasteiger partial charge in [-0.15, -0.1) is 10.2 Å². The van der Waals surface area contributed by atoms with Crippen LogP contribution in [0.5, 0.6) is 0 Å². The van der Waals surface area contributed by atoms with Crippen molar-refractivity contribution < 1.29 is 14.3 Å². The third kappa shape index (κ3) is 2.55. The van der Waals surface area contributed by atoms with Crippen LogP contribution in [0, 0.1) is 0 Å². The van der Waals surface area contributed by atoms with E-state index in [0.29, 0.717) is 11.5 Å². The maximum absolute atomic E-state index is 11.3. The topological polar surface area (TPSA) is 76.2 Å². The number of hydrogen-bond donors (Lipinski definition) is 1. The van der Waals surface area contributed by atoms with Crippen LogP contribution in [-0.4, -0.2) is 21.3 Å². The van der Waals surface area contributed by atoms with Crippen LogP contribution in [0.25, 0.3) is 11.5 Å². The second-order valence-corrected chi connectivity index (χ2v) is 5.88. The van der Waals surface area contributed by atoms with Crippen molar-refractivity contribution in [1.82, 2.24) is 10.2 Å². The molecule has 0 atom stereocenters. The van der Waals surface area contributed by atoms with Crippen molar-refractivity contribution in [3.63, 3.8) is 0 Å². The Morgan fingerprint density at radius 3 is 2.62 bits per heavy atom. The van der Waals surface area contributed by atoms with Gasteiger partial charge in [-0.3, -0.25) is 0 Å². The highest BCUT2D eigenvalue weighted by atomic mass is 16.4. The van der Waals surface area contributed by atoms with Crippen LogP contribution in [0.2, 0.25) is 0 Å². The van der Waals surface area contributed by atoms with Gasteiger partial charge >= 0.3 is 5.97 Å². The summed E-state index contributed by atoms with van der Waals surface area (Å²) in [5.41, 5.74) is 0.575. The van der Waals surface area contributed by atoms with E-state index in [1.807, 2.05) is 0 Å². The number of carboxylic acid groups (broad SMARTS) is 1. The predicted molar refractivity (Wildman–Crippen MR) is 77.1 cm³/mol. The maximum atomic E-state index is 11.3. The minimum absolute atomic E-state index is 0.0817. The molecule has 1 heterocycles. The minimum atomic E-state index is -0.991. The van der Waals surface area contributed by atoms with Crippen LogP contribution in [0.1, 0.15) is 55.3 Å². The summed E-state index contributed by atoms with van der Waals surface area (Å²) in [5.74, 6) is -0.0820. The van der Waals surface area contributed by atoms with E-state index in [4.69, 9.17) is 4.42 Å². The third-order valence-electron chi connectivity index (χ3n) is 4.29. The molecule has 110 valence electrons. The summed E-state index contributed by atoms with van der Waals surface area (Å²) >= 11 is 0. The van der Waals surface area contributed by atoms with Crippen LogP contribution >= 0.6 is 0 Å². The highest BCUT2D eigenvalue weighted by Crippen LogP contribution is 2.39. The molecule has 0 amide bonds. The van der Waals surface area contributed by atoms with E-state index < -0.39 is 5.97 Å². The molecule has 1 fully saturated rings. The lowest BCUT2D eigenvalue weighted by Gasteiger charge is -2.29. The first-order valence-corrected chi connectivity index (χ1v) is 7.27. The first kappa shape index (κ1) is 13.8. The van der Waals surface area contributed by atoms with Gasteiger partial charge in [0, 0.05) is 5.41 Å². The van der Waals surface area contributed by atoms with Crippen LogP contribution < -0.4 is 0 Å². The Kier molecular flexibility index (Phi) is 3.49. The van der Waals surface area contributed by atoms with Crippen molar-refractivity contribution in [1.29, 1.82) is 0 Å². The molecule has 2 aromatic rings. The molecule has 0 bridgehead atoms. The molecule has 1 saturated carbocycles. The maximum Gasteiger partial charge on any atom is 0.336 e. The van der Waals surface area contributed by atoms with Gasteiger partial charge in [0.2, 0.25) is 11.8 Å². The van der Waals surface area contributed by atoms with E-state index in [-0.39, 0.29) is 16.9 Å². The first-order valence-electron chi connectivity index (χ1n) is 7.27. The summed E-state index contributed by atoms with van der Waals surface area (Å²) in [7, 11) is 0. The van der Waals surface area contributed by atoms with Gasteiger partial charge in [0.05, 0.1) is 11.1 Å². The Balaban J connectivity index is 1.97. The summed E-state index contributed by atoms with van der Waals surface area (Å²) in [6, 6.07) is 6.70. The van der Waals surface area contributed by atoms with Gasteiger partial charge in [-0.1, -0.05) is 38.3 Å². The number of aromatic carboxylic acids is 1. The van der Waals surface area contributed by atoms with E-state index in [1.54, 1.807) is 24.3 Å². The summed E-state index contributed by atoms with van der Waals surface area (Å²) in [4.78, 5) is 11.3. The molecule has 1 aromatic carbocycles. The van der Waals surface area contributed by atoms with E-state index in [2.05, 4.69) is 17.1 Å². The van der Waals surface area contributed by atoms with Gasteiger partial charge < -0.3 is 9.52 Å². The number of nitrogens with zero attached hydrogens (tertiary/aromatic N) is 2. The average Bonchev–Trinajstić information content (AvgIpc) is 2.98. The number of hydrogen-bond acceptors (Lipinski definition) is 4. The molecular formula is C16H18N2O3. The van der Waals surface area contributed by atoms with E-state index in [9.17, 15) is 9.90 Å². The number of carboxylic acids is 1. The van der Waals surface area contributed by atoms with Crippen molar-refractivity contribution in [2.24, 2.45) is 0 Å². The van der Waals surface area contributed by atoms with Crippen molar-refractivity contribution in [2.75, 3.05) is 0 Å². The summed E-state index contributed by atoms with van der Waals surface area (Å²) in [6.07, 6.45) is 5.66. The monoisotopic (exact) mass is 286 g/mol. The van der Waals surface area contributed by atoms with Crippen molar-refractivity contribution in [2.45, 2.75) is 44.4 Å². The van der Waals surface area contributed by atoms with Gasteiger partial charge in [-0.05, 0) is 25.0 Å². The summed E-state index contributed by atoms with van der Waals surface area (Å²) in [5, 5.41) is 17.5. The van der Waals surface area contributed by atoms with E-state index in [0.717, 1.165) is 12.8 Å². The zero-order chi connectivity index (χ0) is 14.9. The Bertz CT molecular complexity index is 657. The number of carbonyl (C=O) groups is 1. The smallest absolute Gasteiger partial charge is 0.336 e. The Hall–Kier alpha value is -2.17. The van der Waals surface area contributed by atoms with Crippen molar-refractivity contribution >= 4 is 5.97 Å². The quantitative estimate of drug-likeness (QED) is 0.931.